The highest BCUT2D eigenvalue weighted by molar-refractivity contribution is 6.01. The Bertz CT molecular complexity index is 1240. The summed E-state index contributed by atoms with van der Waals surface area (Å²) in [6, 6.07) is 9.39. The normalized spacial score (nSPS) is 17.9. The van der Waals surface area contributed by atoms with Crippen molar-refractivity contribution in [1.29, 1.82) is 0 Å². The number of fused-ring (bicyclic) bond motifs is 1. The Morgan fingerprint density at radius 1 is 1.30 bits per heavy atom. The molecule has 7 heteroatoms. The van der Waals surface area contributed by atoms with Gasteiger partial charge in [0.1, 0.15) is 5.75 Å². The second kappa shape index (κ2) is 12.0. The highest BCUT2D eigenvalue weighted by Crippen LogP contribution is 2.38. The highest BCUT2D eigenvalue weighted by Gasteiger charge is 2.32. The SMILES string of the molecule is CC(N)=C(C=NCC1=NCCC=C1)CN(C(=O)C1CCCc2c(O)cccc21)c1ccc(C(C)C)nc1. The fourth-order valence-corrected chi connectivity index (χ4v) is 4.81. The van der Waals surface area contributed by atoms with Crippen molar-refractivity contribution in [2.45, 2.75) is 58.3 Å². The van der Waals surface area contributed by atoms with Crippen molar-refractivity contribution in [3.05, 3.63) is 76.8 Å². The van der Waals surface area contributed by atoms with Crippen LogP contribution in [0.2, 0.25) is 0 Å². The van der Waals surface area contributed by atoms with E-state index in [0.717, 1.165) is 60.3 Å². The third-order valence-corrected chi connectivity index (χ3v) is 6.98. The van der Waals surface area contributed by atoms with Gasteiger partial charge in [-0.1, -0.05) is 32.1 Å². The first kappa shape index (κ1) is 26.3. The molecule has 37 heavy (non-hydrogen) atoms. The van der Waals surface area contributed by atoms with Crippen LogP contribution in [0.15, 0.2) is 69.9 Å². The van der Waals surface area contributed by atoms with E-state index in [0.29, 0.717) is 17.9 Å². The van der Waals surface area contributed by atoms with Crippen LogP contribution < -0.4 is 10.6 Å². The number of hydrogen-bond donors (Lipinski definition) is 2. The summed E-state index contributed by atoms with van der Waals surface area (Å²) in [7, 11) is 0. The molecule has 194 valence electrons. The molecular formula is C30H37N5O2. The second-order valence-corrected chi connectivity index (χ2v) is 10.1. The Morgan fingerprint density at radius 2 is 2.14 bits per heavy atom. The lowest BCUT2D eigenvalue weighted by atomic mass is 9.81. The number of nitrogens with two attached hydrogens (primary N) is 1. The number of phenols is 1. The average Bonchev–Trinajstić information content (AvgIpc) is 2.91. The van der Waals surface area contributed by atoms with Gasteiger partial charge in [0.25, 0.3) is 0 Å². The van der Waals surface area contributed by atoms with E-state index < -0.39 is 0 Å². The van der Waals surface area contributed by atoms with E-state index in [9.17, 15) is 9.90 Å². The fourth-order valence-electron chi connectivity index (χ4n) is 4.81. The molecule has 7 nitrogen and oxygen atoms in total. The quantitative estimate of drug-likeness (QED) is 0.495. The Morgan fingerprint density at radius 3 is 2.81 bits per heavy atom. The smallest absolute Gasteiger partial charge is 0.234 e. The number of allylic oxidation sites excluding steroid dienone is 1. The van der Waals surface area contributed by atoms with E-state index in [4.69, 9.17) is 5.73 Å². The predicted octanol–water partition coefficient (Wildman–Crippen LogP) is 5.07. The van der Waals surface area contributed by atoms with E-state index in [2.05, 4.69) is 34.9 Å². The highest BCUT2D eigenvalue weighted by atomic mass is 16.3. The molecule has 4 rings (SSSR count). The Kier molecular flexibility index (Phi) is 8.54. The molecular weight excluding hydrogens is 462 g/mol. The molecule has 0 bridgehead atoms. The summed E-state index contributed by atoms with van der Waals surface area (Å²) in [4.78, 5) is 29.6. The summed E-state index contributed by atoms with van der Waals surface area (Å²) < 4.78 is 0. The van der Waals surface area contributed by atoms with Gasteiger partial charge in [0.15, 0.2) is 0 Å². The molecule has 1 unspecified atom stereocenters. The third-order valence-electron chi connectivity index (χ3n) is 6.98. The van der Waals surface area contributed by atoms with Gasteiger partial charge in [0.05, 0.1) is 36.6 Å². The first-order valence-electron chi connectivity index (χ1n) is 13.1. The lowest BCUT2D eigenvalue weighted by molar-refractivity contribution is -0.120. The number of carbonyl (C=O) groups excluding carboxylic acids is 1. The van der Waals surface area contributed by atoms with E-state index >= 15 is 0 Å². The summed E-state index contributed by atoms with van der Waals surface area (Å²) in [6.07, 6.45) is 10.9. The molecule has 1 atom stereocenters. The fraction of sp³-hybridized carbons (Fsp3) is 0.400. The van der Waals surface area contributed by atoms with Gasteiger partial charge in [-0.3, -0.25) is 19.8 Å². The van der Waals surface area contributed by atoms with Crippen LogP contribution in [0.1, 0.15) is 68.7 Å². The minimum Gasteiger partial charge on any atom is -0.508 e. The van der Waals surface area contributed by atoms with Crippen molar-refractivity contribution in [3.8, 4) is 5.75 Å². The summed E-state index contributed by atoms with van der Waals surface area (Å²) in [6.45, 7) is 7.56. The number of aliphatic imine (C=N–C) groups is 2. The van der Waals surface area contributed by atoms with Gasteiger partial charge in [0.2, 0.25) is 5.91 Å². The first-order valence-corrected chi connectivity index (χ1v) is 13.1. The number of benzene rings is 1. The van der Waals surface area contributed by atoms with Gasteiger partial charge in [-0.15, -0.1) is 0 Å². The summed E-state index contributed by atoms with van der Waals surface area (Å²) in [5.74, 6) is 0.169. The van der Waals surface area contributed by atoms with Crippen LogP contribution in [-0.2, 0) is 11.2 Å². The van der Waals surface area contributed by atoms with Gasteiger partial charge in [0, 0.05) is 29.7 Å². The number of aromatic nitrogens is 1. The van der Waals surface area contributed by atoms with Crippen LogP contribution in [-0.4, -0.2) is 47.6 Å². The van der Waals surface area contributed by atoms with Crippen molar-refractivity contribution >= 4 is 23.5 Å². The number of nitrogens with zero attached hydrogens (tertiary/aromatic N) is 4. The number of aromatic hydroxyl groups is 1. The molecule has 0 fully saturated rings. The van der Waals surface area contributed by atoms with Crippen molar-refractivity contribution in [2.24, 2.45) is 15.7 Å². The van der Waals surface area contributed by atoms with Crippen molar-refractivity contribution < 1.29 is 9.90 Å². The maximum Gasteiger partial charge on any atom is 0.234 e. The topological polar surface area (TPSA) is 104 Å². The lowest BCUT2D eigenvalue weighted by Gasteiger charge is -2.31. The van der Waals surface area contributed by atoms with Crippen molar-refractivity contribution in [2.75, 3.05) is 24.5 Å². The second-order valence-electron chi connectivity index (χ2n) is 10.1. The molecule has 1 amide bonds. The minimum absolute atomic E-state index is 0.0302. The van der Waals surface area contributed by atoms with Crippen molar-refractivity contribution in [3.63, 3.8) is 0 Å². The number of hydrogen-bond acceptors (Lipinski definition) is 6. The standard InChI is InChI=1S/C30H37N5O2/c1-20(2)28-14-13-24(18-34-28)35(19-22(21(3)31)16-32-17-23-8-4-5-15-33-23)30(37)27-11-6-10-26-25(27)9-7-12-29(26)36/h4,7-9,12-14,16,18,20,27,36H,5-6,10-11,15,17,19,31H2,1-3H3. The molecule has 1 aliphatic carbocycles. The summed E-state index contributed by atoms with van der Waals surface area (Å²) >= 11 is 0. The zero-order valence-corrected chi connectivity index (χ0v) is 22.0. The van der Waals surface area contributed by atoms with Gasteiger partial charge in [-0.25, -0.2) is 0 Å². The summed E-state index contributed by atoms with van der Waals surface area (Å²) in [5.41, 5.74) is 12.1. The van der Waals surface area contributed by atoms with E-state index in [1.54, 1.807) is 23.4 Å². The Hall–Kier alpha value is -3.74. The molecule has 2 aliphatic rings. The zero-order chi connectivity index (χ0) is 26.4. The number of phenolic OH excluding ortho intramolecular Hbond substituents is 1. The number of pyridine rings is 1. The molecule has 0 radical (unpaired) electrons. The molecule has 1 aliphatic heterocycles. The number of dihydropyridines is 1. The first-order chi connectivity index (χ1) is 17.8. The molecule has 1 aromatic carbocycles. The molecule has 1 aromatic heterocycles. The molecule has 0 saturated heterocycles. The van der Waals surface area contributed by atoms with Crippen molar-refractivity contribution in [1.82, 2.24) is 4.98 Å². The van der Waals surface area contributed by atoms with Crippen LogP contribution in [0.25, 0.3) is 0 Å². The van der Waals surface area contributed by atoms with Crippen LogP contribution in [0.4, 0.5) is 5.69 Å². The Labute approximate surface area is 219 Å². The van der Waals surface area contributed by atoms with E-state index in [1.807, 2.05) is 37.3 Å². The van der Waals surface area contributed by atoms with Crippen LogP contribution in [0, 0.1) is 0 Å². The van der Waals surface area contributed by atoms with Gasteiger partial charge in [-0.05, 0) is 73.9 Å². The lowest BCUT2D eigenvalue weighted by Crippen LogP contribution is -2.38. The zero-order valence-electron chi connectivity index (χ0n) is 22.0. The largest absolute Gasteiger partial charge is 0.508 e. The summed E-state index contributed by atoms with van der Waals surface area (Å²) in [5, 5.41) is 10.4. The number of carbonyl (C=O) groups is 1. The number of rotatable bonds is 8. The van der Waals surface area contributed by atoms with Crippen LogP contribution in [0.3, 0.4) is 0 Å². The molecule has 2 heterocycles. The Balaban J connectivity index is 1.65. The van der Waals surface area contributed by atoms with E-state index in [1.165, 1.54) is 0 Å². The van der Waals surface area contributed by atoms with E-state index in [-0.39, 0.29) is 30.0 Å². The third kappa shape index (κ3) is 6.34. The number of anilines is 1. The maximum atomic E-state index is 14.2. The average molecular weight is 500 g/mol. The minimum atomic E-state index is -0.348. The van der Waals surface area contributed by atoms with Crippen LogP contribution in [0.5, 0.6) is 5.75 Å². The predicted molar refractivity (Wildman–Crippen MR) is 151 cm³/mol. The van der Waals surface area contributed by atoms with Crippen LogP contribution >= 0.6 is 0 Å². The van der Waals surface area contributed by atoms with Gasteiger partial charge < -0.3 is 15.7 Å². The van der Waals surface area contributed by atoms with Gasteiger partial charge in [-0.2, -0.15) is 0 Å². The molecule has 0 saturated carbocycles. The maximum absolute atomic E-state index is 14.2. The number of amides is 1. The molecule has 0 spiro atoms. The monoisotopic (exact) mass is 499 g/mol. The van der Waals surface area contributed by atoms with Gasteiger partial charge >= 0.3 is 0 Å². The molecule has 3 N–H and O–H groups in total. The molecule has 2 aromatic rings.